The highest BCUT2D eigenvalue weighted by molar-refractivity contribution is 5.37. The van der Waals surface area contributed by atoms with Crippen molar-refractivity contribution in [2.45, 2.75) is 20.3 Å². The minimum Gasteiger partial charge on any atom is -0.207 e. The average molecular weight is 162 g/mol. The molecule has 0 aliphatic carbocycles. The molecule has 0 spiro atoms. The molecule has 1 aromatic carbocycles. The van der Waals surface area contributed by atoms with Gasteiger partial charge >= 0.3 is 0 Å². The molecule has 0 unspecified atom stereocenters. The third kappa shape index (κ3) is 2.10. The molecule has 12 heavy (non-hydrogen) atoms. The Labute approximate surface area is 72.4 Å². The number of hydrogen-bond acceptors (Lipinski definition) is 0. The Morgan fingerprint density at radius 1 is 1.42 bits per heavy atom. The van der Waals surface area contributed by atoms with E-state index in [0.717, 1.165) is 12.0 Å². The maximum absolute atomic E-state index is 12.8. The van der Waals surface area contributed by atoms with Crippen LogP contribution < -0.4 is 0 Å². The van der Waals surface area contributed by atoms with Crippen LogP contribution in [0.25, 0.3) is 0 Å². The molecule has 1 aromatic rings. The van der Waals surface area contributed by atoms with Gasteiger partial charge in [0.1, 0.15) is 5.82 Å². The lowest BCUT2D eigenvalue weighted by molar-refractivity contribution is 0.618. The van der Waals surface area contributed by atoms with Gasteiger partial charge in [-0.25, -0.2) is 4.39 Å². The van der Waals surface area contributed by atoms with Crippen molar-refractivity contribution in [2.24, 2.45) is 0 Å². The minimum absolute atomic E-state index is 0.169. The Morgan fingerprint density at radius 3 is 2.75 bits per heavy atom. The van der Waals surface area contributed by atoms with Crippen molar-refractivity contribution >= 4 is 0 Å². The van der Waals surface area contributed by atoms with E-state index in [4.69, 9.17) is 0 Å². The van der Waals surface area contributed by atoms with Crippen LogP contribution in [-0.4, -0.2) is 0 Å². The largest absolute Gasteiger partial charge is 0.207 e. The second-order valence-corrected chi connectivity index (χ2v) is 2.62. The van der Waals surface area contributed by atoms with E-state index in [0.29, 0.717) is 5.56 Å². The van der Waals surface area contributed by atoms with Gasteiger partial charge in [0, 0.05) is 12.0 Å². The Hall–Kier alpha value is -1.29. The van der Waals surface area contributed by atoms with Crippen molar-refractivity contribution in [3.63, 3.8) is 0 Å². The van der Waals surface area contributed by atoms with E-state index in [2.05, 4.69) is 11.8 Å². The van der Waals surface area contributed by atoms with Gasteiger partial charge in [-0.2, -0.15) is 0 Å². The summed E-state index contributed by atoms with van der Waals surface area (Å²) in [6.07, 6.45) is 0.830. The maximum atomic E-state index is 12.8. The van der Waals surface area contributed by atoms with E-state index in [-0.39, 0.29) is 5.82 Å². The number of rotatable bonds is 0. The van der Waals surface area contributed by atoms with Gasteiger partial charge in [0.25, 0.3) is 0 Å². The van der Waals surface area contributed by atoms with E-state index < -0.39 is 0 Å². The first kappa shape index (κ1) is 8.80. The Balaban J connectivity index is 2.97. The highest BCUT2D eigenvalue weighted by atomic mass is 19.1. The third-order valence-corrected chi connectivity index (χ3v) is 1.57. The molecule has 0 heterocycles. The zero-order valence-corrected chi connectivity index (χ0v) is 7.32. The van der Waals surface area contributed by atoms with Gasteiger partial charge in [0.15, 0.2) is 0 Å². The van der Waals surface area contributed by atoms with Gasteiger partial charge in [-0.3, -0.25) is 0 Å². The van der Waals surface area contributed by atoms with Gasteiger partial charge in [-0.05, 0) is 30.7 Å². The van der Waals surface area contributed by atoms with Gasteiger partial charge in [-0.15, -0.1) is 0 Å². The normalized spacial score (nSPS) is 8.92. The van der Waals surface area contributed by atoms with Gasteiger partial charge in [-0.1, -0.05) is 18.8 Å². The molecule has 1 rings (SSSR count). The van der Waals surface area contributed by atoms with Crippen LogP contribution in [0.5, 0.6) is 0 Å². The number of hydrogen-bond donors (Lipinski definition) is 0. The van der Waals surface area contributed by atoms with Crippen LogP contribution >= 0.6 is 0 Å². The SMILES string of the molecule is CCC#Cc1ccc(F)c(C)c1. The predicted octanol–water partition coefficient (Wildman–Crippen LogP) is 2.90. The quantitative estimate of drug-likeness (QED) is 0.514. The summed E-state index contributed by atoms with van der Waals surface area (Å²) in [6.45, 7) is 3.73. The Morgan fingerprint density at radius 2 is 2.17 bits per heavy atom. The van der Waals surface area contributed by atoms with E-state index in [1.807, 2.05) is 6.92 Å². The lowest BCUT2D eigenvalue weighted by Gasteiger charge is -1.95. The molecule has 0 radical (unpaired) electrons. The fraction of sp³-hybridized carbons (Fsp3) is 0.273. The average Bonchev–Trinajstić information content (AvgIpc) is 2.07. The molecule has 0 aromatic heterocycles. The molecule has 1 heteroatoms. The first-order chi connectivity index (χ1) is 5.74. The Bertz CT molecular complexity index is 329. The van der Waals surface area contributed by atoms with Crippen molar-refractivity contribution in [3.05, 3.63) is 35.1 Å². The van der Waals surface area contributed by atoms with Crippen LogP contribution in [0, 0.1) is 24.6 Å². The zero-order valence-electron chi connectivity index (χ0n) is 7.32. The molecular weight excluding hydrogens is 151 g/mol. The second-order valence-electron chi connectivity index (χ2n) is 2.62. The van der Waals surface area contributed by atoms with Crippen LogP contribution in [0.15, 0.2) is 18.2 Å². The van der Waals surface area contributed by atoms with Crippen LogP contribution in [0.4, 0.5) is 4.39 Å². The standard InChI is InChI=1S/C11H11F/c1-3-4-5-10-6-7-11(12)9(2)8-10/h6-8H,3H2,1-2H3. The molecule has 0 nitrogen and oxygen atoms in total. The monoisotopic (exact) mass is 162 g/mol. The first-order valence-electron chi connectivity index (χ1n) is 3.99. The van der Waals surface area contributed by atoms with Crippen molar-refractivity contribution in [1.82, 2.24) is 0 Å². The molecule has 0 bridgehead atoms. The molecule has 0 aliphatic rings. The molecular formula is C11H11F. The van der Waals surface area contributed by atoms with Crippen LogP contribution in [0.1, 0.15) is 24.5 Å². The second kappa shape index (κ2) is 3.92. The fourth-order valence-electron chi connectivity index (χ4n) is 0.913. The maximum Gasteiger partial charge on any atom is 0.126 e. The van der Waals surface area contributed by atoms with Crippen LogP contribution in [0.3, 0.4) is 0 Å². The van der Waals surface area contributed by atoms with Crippen LogP contribution in [-0.2, 0) is 0 Å². The molecule has 0 saturated carbocycles. The number of aryl methyl sites for hydroxylation is 1. The summed E-state index contributed by atoms with van der Waals surface area (Å²) in [5, 5.41) is 0. The van der Waals surface area contributed by atoms with E-state index in [1.54, 1.807) is 19.1 Å². The summed E-state index contributed by atoms with van der Waals surface area (Å²) in [5.41, 5.74) is 1.54. The minimum atomic E-state index is -0.169. The molecule has 0 aliphatic heterocycles. The molecule has 0 saturated heterocycles. The van der Waals surface area contributed by atoms with Gasteiger partial charge in [0.2, 0.25) is 0 Å². The Kier molecular flexibility index (Phi) is 2.88. The summed E-state index contributed by atoms with van der Waals surface area (Å²) in [4.78, 5) is 0. The smallest absolute Gasteiger partial charge is 0.126 e. The molecule has 0 fully saturated rings. The topological polar surface area (TPSA) is 0 Å². The fourth-order valence-corrected chi connectivity index (χ4v) is 0.913. The summed E-state index contributed by atoms with van der Waals surface area (Å²) < 4.78 is 12.8. The number of halogens is 1. The van der Waals surface area contributed by atoms with Crippen molar-refractivity contribution in [3.8, 4) is 11.8 Å². The highest BCUT2D eigenvalue weighted by Gasteiger charge is 1.95. The summed E-state index contributed by atoms with van der Waals surface area (Å²) >= 11 is 0. The zero-order chi connectivity index (χ0) is 8.97. The lowest BCUT2D eigenvalue weighted by Crippen LogP contribution is -1.82. The van der Waals surface area contributed by atoms with Gasteiger partial charge in [0.05, 0.1) is 0 Å². The molecule has 0 amide bonds. The highest BCUT2D eigenvalue weighted by Crippen LogP contribution is 2.07. The summed E-state index contributed by atoms with van der Waals surface area (Å²) in [5.74, 6) is 5.72. The summed E-state index contributed by atoms with van der Waals surface area (Å²) in [7, 11) is 0. The third-order valence-electron chi connectivity index (χ3n) is 1.57. The van der Waals surface area contributed by atoms with E-state index in [9.17, 15) is 4.39 Å². The molecule has 0 N–H and O–H groups in total. The molecule has 0 atom stereocenters. The van der Waals surface area contributed by atoms with Crippen molar-refractivity contribution in [1.29, 1.82) is 0 Å². The van der Waals surface area contributed by atoms with Crippen molar-refractivity contribution < 1.29 is 4.39 Å². The van der Waals surface area contributed by atoms with Gasteiger partial charge < -0.3 is 0 Å². The summed E-state index contributed by atoms with van der Waals surface area (Å²) in [6, 6.07) is 4.91. The molecule has 62 valence electrons. The lowest BCUT2D eigenvalue weighted by atomic mass is 10.1. The predicted molar refractivity (Wildman–Crippen MR) is 48.3 cm³/mol. The van der Waals surface area contributed by atoms with Crippen LogP contribution in [0.2, 0.25) is 0 Å². The first-order valence-corrected chi connectivity index (χ1v) is 3.99. The van der Waals surface area contributed by atoms with Crippen molar-refractivity contribution in [2.75, 3.05) is 0 Å². The number of benzene rings is 1. The van der Waals surface area contributed by atoms with E-state index >= 15 is 0 Å². The van der Waals surface area contributed by atoms with E-state index in [1.165, 1.54) is 6.07 Å².